The standard InChI is InChI=1S/C19H22ClN3O5/c1-8-6-10-15(11(20)7-8)21-18(27)19(10)13-12(14(22-19)9(2)24)16(25)23(17(13)26)4-5-28-3/h6-7,9,12-14,22,24H,4-5H2,1-3H3,(H,21,27)/t9-,12+,13+,14+,19-/m1/s1. The van der Waals surface area contributed by atoms with Gasteiger partial charge in [0.1, 0.15) is 5.54 Å². The summed E-state index contributed by atoms with van der Waals surface area (Å²) in [5.41, 5.74) is 0.346. The molecular formula is C19H22ClN3O5. The summed E-state index contributed by atoms with van der Waals surface area (Å²) in [6.07, 6.45) is -0.942. The van der Waals surface area contributed by atoms with Crippen LogP contribution in [0.25, 0.3) is 0 Å². The number of hydrogen-bond donors (Lipinski definition) is 3. The third-order valence-corrected chi connectivity index (χ3v) is 6.28. The largest absolute Gasteiger partial charge is 0.392 e. The van der Waals surface area contributed by atoms with Crippen molar-refractivity contribution in [2.45, 2.75) is 31.5 Å². The predicted octanol–water partition coefficient (Wildman–Crippen LogP) is 0.396. The van der Waals surface area contributed by atoms with Crippen molar-refractivity contribution in [1.29, 1.82) is 0 Å². The van der Waals surface area contributed by atoms with Crippen molar-refractivity contribution >= 4 is 35.0 Å². The summed E-state index contributed by atoms with van der Waals surface area (Å²) in [7, 11) is 1.49. The summed E-state index contributed by atoms with van der Waals surface area (Å²) in [6, 6.07) is 2.78. The minimum absolute atomic E-state index is 0.104. The Morgan fingerprint density at radius 2 is 2.04 bits per heavy atom. The number of hydrogen-bond acceptors (Lipinski definition) is 6. The number of carbonyl (C=O) groups excluding carboxylic acids is 3. The van der Waals surface area contributed by atoms with Crippen LogP contribution in [-0.2, 0) is 24.7 Å². The SMILES string of the molecule is COCCN1C(=O)[C@@H]2[C@H]([C@@H](C)O)N[C@@]3(C(=O)Nc4c(Cl)cc(C)cc43)[C@@H]2C1=O. The van der Waals surface area contributed by atoms with Crippen LogP contribution in [0, 0.1) is 18.8 Å². The van der Waals surface area contributed by atoms with E-state index >= 15 is 0 Å². The highest BCUT2D eigenvalue weighted by atomic mass is 35.5. The van der Waals surface area contributed by atoms with Gasteiger partial charge in [0.2, 0.25) is 17.7 Å². The number of aryl methyl sites for hydroxylation is 1. The van der Waals surface area contributed by atoms with Crippen LogP contribution < -0.4 is 10.6 Å². The van der Waals surface area contributed by atoms with Crippen molar-refractivity contribution in [2.24, 2.45) is 11.8 Å². The Balaban J connectivity index is 1.89. The molecule has 0 radical (unpaired) electrons. The van der Waals surface area contributed by atoms with Crippen LogP contribution in [-0.4, -0.2) is 60.1 Å². The van der Waals surface area contributed by atoms with E-state index in [1.807, 2.05) is 6.92 Å². The number of likely N-dealkylation sites (tertiary alicyclic amines) is 1. The summed E-state index contributed by atoms with van der Waals surface area (Å²) in [5.74, 6) is -3.09. The molecule has 3 N–H and O–H groups in total. The molecule has 1 spiro atoms. The van der Waals surface area contributed by atoms with Crippen molar-refractivity contribution in [2.75, 3.05) is 25.6 Å². The Morgan fingerprint density at radius 1 is 1.32 bits per heavy atom. The minimum Gasteiger partial charge on any atom is -0.392 e. The summed E-state index contributed by atoms with van der Waals surface area (Å²) >= 11 is 6.34. The highest BCUT2D eigenvalue weighted by Gasteiger charge is 2.71. The number of amides is 3. The first-order chi connectivity index (χ1) is 13.2. The molecule has 2 saturated heterocycles. The molecule has 28 heavy (non-hydrogen) atoms. The van der Waals surface area contributed by atoms with Crippen LogP contribution >= 0.6 is 11.6 Å². The molecule has 3 aliphatic heterocycles. The van der Waals surface area contributed by atoms with Crippen molar-refractivity contribution in [3.63, 3.8) is 0 Å². The summed E-state index contributed by atoms with van der Waals surface area (Å²) in [6.45, 7) is 3.69. The van der Waals surface area contributed by atoms with Crippen molar-refractivity contribution in [3.8, 4) is 0 Å². The number of methoxy groups -OCH3 is 1. The molecule has 0 bridgehead atoms. The lowest BCUT2D eigenvalue weighted by molar-refractivity contribution is -0.143. The van der Waals surface area contributed by atoms with E-state index in [0.29, 0.717) is 16.3 Å². The zero-order valence-corrected chi connectivity index (χ0v) is 16.5. The number of ether oxygens (including phenoxy) is 1. The van der Waals surface area contributed by atoms with Crippen LogP contribution in [0.2, 0.25) is 5.02 Å². The second-order valence-corrected chi connectivity index (χ2v) is 8.07. The van der Waals surface area contributed by atoms with E-state index < -0.39 is 47.2 Å². The zero-order valence-electron chi connectivity index (χ0n) is 15.8. The van der Waals surface area contributed by atoms with Crippen molar-refractivity contribution < 1.29 is 24.2 Å². The fourth-order valence-corrected chi connectivity index (χ4v) is 5.12. The van der Waals surface area contributed by atoms with Gasteiger partial charge in [0.25, 0.3) is 0 Å². The third kappa shape index (κ3) is 2.38. The van der Waals surface area contributed by atoms with Gasteiger partial charge in [0, 0.05) is 18.7 Å². The number of fused-ring (bicyclic) bond motifs is 4. The Kier molecular flexibility index (Phi) is 4.50. The van der Waals surface area contributed by atoms with Gasteiger partial charge in [-0.25, -0.2) is 0 Å². The number of aliphatic hydroxyl groups is 1. The monoisotopic (exact) mass is 407 g/mol. The Morgan fingerprint density at radius 3 is 2.68 bits per heavy atom. The Hall–Kier alpha value is -2.00. The average Bonchev–Trinajstić information content (AvgIpc) is 3.21. The van der Waals surface area contributed by atoms with E-state index in [9.17, 15) is 19.5 Å². The van der Waals surface area contributed by atoms with Crippen molar-refractivity contribution in [1.82, 2.24) is 10.2 Å². The van der Waals surface area contributed by atoms with Gasteiger partial charge in [-0.3, -0.25) is 24.6 Å². The maximum atomic E-state index is 13.3. The molecule has 1 aromatic rings. The quantitative estimate of drug-likeness (QED) is 0.623. The first kappa shape index (κ1) is 19.3. The second kappa shape index (κ2) is 6.52. The number of imide groups is 1. The molecule has 2 fully saturated rings. The van der Waals surface area contributed by atoms with Gasteiger partial charge in [0.15, 0.2) is 0 Å². The lowest BCUT2D eigenvalue weighted by Gasteiger charge is -2.30. The molecule has 9 heteroatoms. The van der Waals surface area contributed by atoms with Crippen LogP contribution in [0.5, 0.6) is 0 Å². The molecule has 1 aromatic carbocycles. The molecule has 4 rings (SSSR count). The van der Waals surface area contributed by atoms with Gasteiger partial charge in [-0.15, -0.1) is 0 Å². The molecule has 0 unspecified atom stereocenters. The van der Waals surface area contributed by atoms with Gasteiger partial charge < -0.3 is 15.2 Å². The molecule has 150 valence electrons. The molecule has 3 heterocycles. The topological polar surface area (TPSA) is 108 Å². The van der Waals surface area contributed by atoms with Crippen LogP contribution in [0.3, 0.4) is 0 Å². The van der Waals surface area contributed by atoms with E-state index in [2.05, 4.69) is 10.6 Å². The third-order valence-electron chi connectivity index (χ3n) is 5.98. The molecule has 8 nitrogen and oxygen atoms in total. The maximum absolute atomic E-state index is 13.3. The molecule has 0 aliphatic carbocycles. The summed E-state index contributed by atoms with van der Waals surface area (Å²) in [5, 5.41) is 16.6. The number of anilines is 1. The van der Waals surface area contributed by atoms with Crippen LogP contribution in [0.1, 0.15) is 18.1 Å². The molecule has 0 aromatic heterocycles. The van der Waals surface area contributed by atoms with E-state index in [1.165, 1.54) is 7.11 Å². The number of halogens is 1. The molecule has 3 aliphatic rings. The molecule has 3 amide bonds. The number of carbonyl (C=O) groups is 3. The highest BCUT2D eigenvalue weighted by molar-refractivity contribution is 6.35. The fourth-order valence-electron chi connectivity index (χ4n) is 4.80. The normalized spacial score (nSPS) is 32.1. The fraction of sp³-hybridized carbons (Fsp3) is 0.526. The smallest absolute Gasteiger partial charge is 0.250 e. The maximum Gasteiger partial charge on any atom is 0.250 e. The number of benzene rings is 1. The van der Waals surface area contributed by atoms with Crippen molar-refractivity contribution in [3.05, 3.63) is 28.3 Å². The minimum atomic E-state index is -1.45. The van der Waals surface area contributed by atoms with Gasteiger partial charge in [0.05, 0.1) is 41.8 Å². The first-order valence-electron chi connectivity index (χ1n) is 9.16. The lowest BCUT2D eigenvalue weighted by Crippen LogP contribution is -2.55. The molecule has 5 atom stereocenters. The predicted molar refractivity (Wildman–Crippen MR) is 101 cm³/mol. The number of nitrogens with one attached hydrogen (secondary N) is 2. The Labute approximate surface area is 167 Å². The van der Waals surface area contributed by atoms with E-state index in [4.69, 9.17) is 16.3 Å². The van der Waals surface area contributed by atoms with E-state index in [0.717, 1.165) is 10.5 Å². The van der Waals surface area contributed by atoms with E-state index in [1.54, 1.807) is 19.1 Å². The van der Waals surface area contributed by atoms with Crippen LogP contribution in [0.4, 0.5) is 5.69 Å². The van der Waals surface area contributed by atoms with E-state index in [-0.39, 0.29) is 13.2 Å². The molecular weight excluding hydrogens is 386 g/mol. The number of rotatable bonds is 4. The summed E-state index contributed by atoms with van der Waals surface area (Å²) < 4.78 is 5.01. The first-order valence-corrected chi connectivity index (χ1v) is 9.53. The lowest BCUT2D eigenvalue weighted by atomic mass is 9.76. The average molecular weight is 408 g/mol. The van der Waals surface area contributed by atoms with Gasteiger partial charge in [-0.05, 0) is 25.5 Å². The molecule has 0 saturated carbocycles. The zero-order chi connectivity index (χ0) is 20.4. The summed E-state index contributed by atoms with van der Waals surface area (Å²) in [4.78, 5) is 40.6. The highest BCUT2D eigenvalue weighted by Crippen LogP contribution is 2.54. The van der Waals surface area contributed by atoms with Gasteiger partial charge >= 0.3 is 0 Å². The number of aliphatic hydroxyl groups excluding tert-OH is 1. The van der Waals surface area contributed by atoms with Crippen LogP contribution in [0.15, 0.2) is 12.1 Å². The Bertz CT molecular complexity index is 889. The van der Waals surface area contributed by atoms with Gasteiger partial charge in [-0.1, -0.05) is 17.7 Å². The number of nitrogens with zero attached hydrogens (tertiary/aromatic N) is 1. The second-order valence-electron chi connectivity index (χ2n) is 7.67. The van der Waals surface area contributed by atoms with Gasteiger partial charge in [-0.2, -0.15) is 0 Å².